The first-order chi connectivity index (χ1) is 7.49. The SMILES string of the molecule is O=C([O-])C=CC(=O)Nc1cc(Cl)ccc1Cl. The maximum Gasteiger partial charge on any atom is 0.248 e. The Hall–Kier alpha value is -1.52. The van der Waals surface area contributed by atoms with Crippen molar-refractivity contribution in [1.29, 1.82) is 0 Å². The van der Waals surface area contributed by atoms with Crippen LogP contribution in [0, 0.1) is 0 Å². The van der Waals surface area contributed by atoms with Gasteiger partial charge in [-0.2, -0.15) is 0 Å². The van der Waals surface area contributed by atoms with Gasteiger partial charge in [0.15, 0.2) is 0 Å². The predicted molar refractivity (Wildman–Crippen MR) is 59.2 cm³/mol. The largest absolute Gasteiger partial charge is 0.545 e. The third-order valence-electron chi connectivity index (χ3n) is 1.56. The average molecular weight is 259 g/mol. The molecule has 1 N–H and O–H groups in total. The van der Waals surface area contributed by atoms with Gasteiger partial charge in [-0.3, -0.25) is 4.79 Å². The van der Waals surface area contributed by atoms with Gasteiger partial charge in [-0.15, -0.1) is 0 Å². The van der Waals surface area contributed by atoms with Crippen LogP contribution in [0.15, 0.2) is 30.4 Å². The summed E-state index contributed by atoms with van der Waals surface area (Å²) in [4.78, 5) is 21.2. The van der Waals surface area contributed by atoms with Crippen molar-refractivity contribution in [3.63, 3.8) is 0 Å². The predicted octanol–water partition coefficient (Wildman–Crippen LogP) is 1.24. The molecule has 1 amide bonds. The van der Waals surface area contributed by atoms with Crippen molar-refractivity contribution in [2.24, 2.45) is 0 Å². The molecule has 4 nitrogen and oxygen atoms in total. The van der Waals surface area contributed by atoms with Crippen molar-refractivity contribution in [2.75, 3.05) is 5.32 Å². The third kappa shape index (κ3) is 3.92. The number of rotatable bonds is 3. The molecule has 0 aliphatic rings. The standard InChI is InChI=1S/C10H7Cl2NO3/c11-6-1-2-7(12)8(5-6)13-9(14)3-4-10(15)16/h1-5H,(H,13,14)(H,15,16)/p-1. The number of carbonyl (C=O) groups excluding carboxylic acids is 2. The maximum atomic E-state index is 11.2. The zero-order valence-electron chi connectivity index (χ0n) is 7.87. The lowest BCUT2D eigenvalue weighted by Crippen LogP contribution is -2.20. The van der Waals surface area contributed by atoms with E-state index in [-0.39, 0.29) is 0 Å². The number of carboxylic acid groups (broad SMARTS) is 1. The molecule has 0 radical (unpaired) electrons. The fraction of sp³-hybridized carbons (Fsp3) is 0. The number of anilines is 1. The molecule has 0 spiro atoms. The molecule has 0 saturated carbocycles. The Balaban J connectivity index is 2.77. The highest BCUT2D eigenvalue weighted by molar-refractivity contribution is 6.35. The maximum absolute atomic E-state index is 11.2. The van der Waals surface area contributed by atoms with E-state index >= 15 is 0 Å². The van der Waals surface area contributed by atoms with Gasteiger partial charge in [0, 0.05) is 11.1 Å². The van der Waals surface area contributed by atoms with Gasteiger partial charge in [0.05, 0.1) is 16.7 Å². The molecule has 0 saturated heterocycles. The Morgan fingerprint density at radius 3 is 2.56 bits per heavy atom. The molecule has 84 valence electrons. The quantitative estimate of drug-likeness (QED) is 0.830. The second-order valence-corrected chi connectivity index (χ2v) is 3.61. The van der Waals surface area contributed by atoms with E-state index in [0.717, 1.165) is 6.08 Å². The van der Waals surface area contributed by atoms with E-state index in [9.17, 15) is 14.7 Å². The van der Waals surface area contributed by atoms with Crippen LogP contribution < -0.4 is 10.4 Å². The molecule has 0 heterocycles. The highest BCUT2D eigenvalue weighted by Crippen LogP contribution is 2.25. The summed E-state index contributed by atoms with van der Waals surface area (Å²) in [7, 11) is 0. The smallest absolute Gasteiger partial charge is 0.248 e. The summed E-state index contributed by atoms with van der Waals surface area (Å²) in [5.74, 6) is -2.08. The van der Waals surface area contributed by atoms with Gasteiger partial charge >= 0.3 is 0 Å². The zero-order valence-corrected chi connectivity index (χ0v) is 9.38. The van der Waals surface area contributed by atoms with E-state index in [1.165, 1.54) is 12.1 Å². The summed E-state index contributed by atoms with van der Waals surface area (Å²) >= 11 is 11.5. The van der Waals surface area contributed by atoms with Crippen molar-refractivity contribution < 1.29 is 14.7 Å². The fourth-order valence-electron chi connectivity index (χ4n) is 0.911. The van der Waals surface area contributed by atoms with Crippen LogP contribution in [0.1, 0.15) is 0 Å². The van der Waals surface area contributed by atoms with Crippen LogP contribution in [0.2, 0.25) is 10.0 Å². The van der Waals surface area contributed by atoms with Crippen LogP contribution in [0.4, 0.5) is 5.69 Å². The summed E-state index contributed by atoms with van der Waals surface area (Å²) in [6.45, 7) is 0. The van der Waals surface area contributed by atoms with Gasteiger partial charge in [-0.05, 0) is 24.3 Å². The van der Waals surface area contributed by atoms with E-state index in [4.69, 9.17) is 23.2 Å². The first-order valence-electron chi connectivity index (χ1n) is 4.14. The molecule has 0 unspecified atom stereocenters. The van der Waals surface area contributed by atoms with Gasteiger partial charge in [-0.25, -0.2) is 0 Å². The minimum atomic E-state index is -1.45. The Morgan fingerprint density at radius 2 is 1.94 bits per heavy atom. The topological polar surface area (TPSA) is 69.2 Å². The van der Waals surface area contributed by atoms with Crippen LogP contribution in [0.3, 0.4) is 0 Å². The molecule has 0 aliphatic carbocycles. The van der Waals surface area contributed by atoms with Gasteiger partial charge < -0.3 is 15.2 Å². The molecule has 0 fully saturated rings. The molecule has 6 heteroatoms. The van der Waals surface area contributed by atoms with Crippen molar-refractivity contribution >= 4 is 40.8 Å². The number of halogens is 2. The van der Waals surface area contributed by atoms with Crippen LogP contribution in [-0.4, -0.2) is 11.9 Å². The first-order valence-corrected chi connectivity index (χ1v) is 4.89. The van der Waals surface area contributed by atoms with Gasteiger partial charge in [0.25, 0.3) is 0 Å². The summed E-state index contributed by atoms with van der Waals surface area (Å²) < 4.78 is 0. The number of benzene rings is 1. The first kappa shape index (κ1) is 12.5. The highest BCUT2D eigenvalue weighted by Gasteiger charge is 2.03. The highest BCUT2D eigenvalue weighted by atomic mass is 35.5. The van der Waals surface area contributed by atoms with Crippen LogP contribution in [0.5, 0.6) is 0 Å². The van der Waals surface area contributed by atoms with Gasteiger partial charge in [0.1, 0.15) is 0 Å². The molecular formula is C10H6Cl2NO3-. The Labute approximate surface area is 101 Å². The Bertz CT molecular complexity index is 457. The molecular weight excluding hydrogens is 253 g/mol. The third-order valence-corrected chi connectivity index (χ3v) is 2.12. The Morgan fingerprint density at radius 1 is 1.25 bits per heavy atom. The van der Waals surface area contributed by atoms with Crippen LogP contribution in [0.25, 0.3) is 0 Å². The number of nitrogens with one attached hydrogen (secondary N) is 1. The molecule has 1 aromatic rings. The lowest BCUT2D eigenvalue weighted by Gasteiger charge is -2.05. The summed E-state index contributed by atoms with van der Waals surface area (Å²) in [6, 6.07) is 4.53. The van der Waals surface area contributed by atoms with E-state index in [1.54, 1.807) is 6.07 Å². The van der Waals surface area contributed by atoms with Crippen molar-refractivity contribution in [1.82, 2.24) is 0 Å². The average Bonchev–Trinajstić information content (AvgIpc) is 2.20. The van der Waals surface area contributed by atoms with Crippen molar-refractivity contribution in [2.45, 2.75) is 0 Å². The summed E-state index contributed by atoms with van der Waals surface area (Å²) in [5.41, 5.74) is 0.308. The van der Waals surface area contributed by atoms with E-state index < -0.39 is 11.9 Å². The molecule has 0 atom stereocenters. The number of hydrogen-bond donors (Lipinski definition) is 1. The van der Waals surface area contributed by atoms with Crippen molar-refractivity contribution in [3.05, 3.63) is 40.4 Å². The normalized spacial score (nSPS) is 10.4. The minimum absolute atomic E-state index is 0.305. The zero-order chi connectivity index (χ0) is 12.1. The number of carboxylic acids is 1. The second kappa shape index (κ2) is 5.53. The second-order valence-electron chi connectivity index (χ2n) is 2.77. The fourth-order valence-corrected chi connectivity index (χ4v) is 1.25. The molecule has 1 aromatic carbocycles. The monoisotopic (exact) mass is 258 g/mol. The molecule has 16 heavy (non-hydrogen) atoms. The molecule has 0 aromatic heterocycles. The number of carbonyl (C=O) groups is 2. The summed E-state index contributed by atoms with van der Waals surface area (Å²) in [6.07, 6.45) is 1.44. The molecule has 0 bridgehead atoms. The summed E-state index contributed by atoms with van der Waals surface area (Å²) in [5, 5.41) is 13.1. The van der Waals surface area contributed by atoms with Crippen LogP contribution >= 0.6 is 23.2 Å². The van der Waals surface area contributed by atoms with E-state index in [0.29, 0.717) is 21.8 Å². The Kier molecular flexibility index (Phi) is 4.34. The van der Waals surface area contributed by atoms with E-state index in [2.05, 4.69) is 5.32 Å². The number of hydrogen-bond acceptors (Lipinski definition) is 3. The molecule has 0 aliphatic heterocycles. The number of amides is 1. The van der Waals surface area contributed by atoms with Gasteiger partial charge in [0.2, 0.25) is 5.91 Å². The minimum Gasteiger partial charge on any atom is -0.545 e. The lowest BCUT2D eigenvalue weighted by molar-refractivity contribution is -0.297. The lowest BCUT2D eigenvalue weighted by atomic mass is 10.3. The molecule has 1 rings (SSSR count). The van der Waals surface area contributed by atoms with Crippen molar-refractivity contribution in [3.8, 4) is 0 Å². The van der Waals surface area contributed by atoms with Crippen LogP contribution in [-0.2, 0) is 9.59 Å². The van der Waals surface area contributed by atoms with E-state index in [1.807, 2.05) is 0 Å². The van der Waals surface area contributed by atoms with Gasteiger partial charge in [-0.1, -0.05) is 23.2 Å². The number of aliphatic carboxylic acids is 1.